The summed E-state index contributed by atoms with van der Waals surface area (Å²) in [6.07, 6.45) is -3.95. The zero-order valence-electron chi connectivity index (χ0n) is 16.5. The van der Waals surface area contributed by atoms with Gasteiger partial charge in [0.15, 0.2) is 18.5 Å². The monoisotopic (exact) mass is 419 g/mol. The fraction of sp³-hybridized carbons (Fsp3) is 0.400. The van der Waals surface area contributed by atoms with Crippen molar-refractivity contribution in [1.29, 1.82) is 0 Å². The molecule has 4 atom stereocenters. The normalized spacial score (nSPS) is 23.2. The Hall–Kier alpha value is -3.27. The summed E-state index contributed by atoms with van der Waals surface area (Å²) < 4.78 is 32.0. The van der Waals surface area contributed by atoms with E-state index in [1.54, 1.807) is 37.3 Å². The van der Waals surface area contributed by atoms with E-state index in [0.29, 0.717) is 17.5 Å². The van der Waals surface area contributed by atoms with E-state index >= 15 is 4.39 Å². The zero-order valence-corrected chi connectivity index (χ0v) is 16.5. The molecule has 1 aromatic heterocycles. The van der Waals surface area contributed by atoms with Crippen LogP contribution in [0.5, 0.6) is 0 Å². The number of hydrogen-bond acceptors (Lipinski definition) is 8. The molecule has 1 aliphatic heterocycles. The van der Waals surface area contributed by atoms with E-state index < -0.39 is 42.2 Å². The minimum Gasteiger partial charge on any atom is -0.459 e. The average molecular weight is 419 g/mol. The lowest BCUT2D eigenvalue weighted by molar-refractivity contribution is -0.152. The van der Waals surface area contributed by atoms with Crippen LogP contribution < -0.4 is 11.4 Å². The highest BCUT2D eigenvalue weighted by molar-refractivity contribution is 5.89. The number of anilines is 1. The molecule has 0 unspecified atom stereocenters. The number of carbonyl (C=O) groups is 2. The first-order valence-corrected chi connectivity index (χ1v) is 9.38. The van der Waals surface area contributed by atoms with Gasteiger partial charge in [-0.3, -0.25) is 9.36 Å². The van der Waals surface area contributed by atoms with Gasteiger partial charge in [-0.25, -0.2) is 14.0 Å². The maximum absolute atomic E-state index is 15.2. The minimum atomic E-state index is -1.89. The lowest BCUT2D eigenvalue weighted by Crippen LogP contribution is -2.37. The van der Waals surface area contributed by atoms with Gasteiger partial charge in [-0.15, -0.1) is 0 Å². The molecule has 2 heterocycles. The fourth-order valence-corrected chi connectivity index (χ4v) is 3.18. The molecule has 0 bridgehead atoms. The van der Waals surface area contributed by atoms with Gasteiger partial charge in [-0.05, 0) is 18.6 Å². The Morgan fingerprint density at radius 3 is 2.63 bits per heavy atom. The van der Waals surface area contributed by atoms with Crippen molar-refractivity contribution in [3.8, 4) is 0 Å². The molecule has 2 aromatic rings. The zero-order chi connectivity index (χ0) is 21.8. The maximum atomic E-state index is 15.2. The molecular formula is C20H22FN3O6. The van der Waals surface area contributed by atoms with Gasteiger partial charge in [-0.2, -0.15) is 4.98 Å². The summed E-state index contributed by atoms with van der Waals surface area (Å²) in [5.41, 5.74) is 5.74. The van der Waals surface area contributed by atoms with E-state index in [1.807, 2.05) is 0 Å². The predicted molar refractivity (Wildman–Crippen MR) is 103 cm³/mol. The number of benzene rings is 1. The first-order chi connectivity index (χ1) is 14.3. The van der Waals surface area contributed by atoms with Crippen LogP contribution in [0, 0.1) is 0 Å². The second kappa shape index (κ2) is 9.04. The number of nitrogens with two attached hydrogens (primary N) is 1. The topological polar surface area (TPSA) is 123 Å². The lowest BCUT2D eigenvalue weighted by atomic mass is 10.1. The van der Waals surface area contributed by atoms with Crippen LogP contribution in [0.4, 0.5) is 10.2 Å². The van der Waals surface area contributed by atoms with Gasteiger partial charge in [0.1, 0.15) is 18.5 Å². The van der Waals surface area contributed by atoms with Gasteiger partial charge in [0.05, 0.1) is 5.56 Å². The van der Waals surface area contributed by atoms with E-state index in [4.69, 9.17) is 19.9 Å². The highest BCUT2D eigenvalue weighted by Gasteiger charge is 2.49. The summed E-state index contributed by atoms with van der Waals surface area (Å²) >= 11 is 0. The molecule has 9 nitrogen and oxygen atoms in total. The molecule has 3 rings (SSSR count). The largest absolute Gasteiger partial charge is 0.459 e. The third-order valence-electron chi connectivity index (χ3n) is 4.67. The first kappa shape index (κ1) is 21.4. The summed E-state index contributed by atoms with van der Waals surface area (Å²) in [6, 6.07) is 8.21. The number of halogens is 1. The highest BCUT2D eigenvalue weighted by Crippen LogP contribution is 2.34. The second-order valence-electron chi connectivity index (χ2n) is 6.74. The molecule has 0 radical (unpaired) electrons. The second-order valence-corrected chi connectivity index (χ2v) is 6.74. The van der Waals surface area contributed by atoms with E-state index in [2.05, 4.69) is 4.98 Å². The maximum Gasteiger partial charge on any atom is 0.351 e. The van der Waals surface area contributed by atoms with Crippen molar-refractivity contribution in [2.24, 2.45) is 0 Å². The van der Waals surface area contributed by atoms with Crippen molar-refractivity contribution in [3.63, 3.8) is 0 Å². The molecule has 2 N–H and O–H groups in total. The number of ether oxygens (including phenoxy) is 3. The quantitative estimate of drug-likeness (QED) is 0.698. The van der Waals surface area contributed by atoms with Crippen molar-refractivity contribution < 1.29 is 28.2 Å². The van der Waals surface area contributed by atoms with Crippen molar-refractivity contribution in [1.82, 2.24) is 9.55 Å². The average Bonchev–Trinajstić information content (AvgIpc) is 3.02. The summed E-state index contributed by atoms with van der Waals surface area (Å²) in [7, 11) is 0. The Kier molecular flexibility index (Phi) is 6.46. The molecule has 30 heavy (non-hydrogen) atoms. The van der Waals surface area contributed by atoms with Crippen molar-refractivity contribution >= 4 is 17.8 Å². The number of aryl methyl sites for hydroxylation is 1. The molecule has 1 fully saturated rings. The number of aromatic nitrogens is 2. The standard InChI is InChI=1S/C20H22FN3O6/c1-3-12-9-24(20(27)23-17(12)22)18-15(21)16(29-11(2)25)14(30-18)10-28-19(26)13-7-5-4-6-8-13/h4-9,14-16,18H,3,10H2,1-2H3,(H2,22,23,27)/t14-,15+,16-,18-/m1/s1. The van der Waals surface area contributed by atoms with E-state index in [9.17, 15) is 14.4 Å². The van der Waals surface area contributed by atoms with Crippen LogP contribution in [0.2, 0.25) is 0 Å². The number of hydrogen-bond donors (Lipinski definition) is 1. The van der Waals surface area contributed by atoms with Crippen LogP contribution in [0.15, 0.2) is 41.3 Å². The molecule has 10 heteroatoms. The van der Waals surface area contributed by atoms with Crippen LogP contribution in [0.25, 0.3) is 0 Å². The van der Waals surface area contributed by atoms with E-state index in [0.717, 1.165) is 11.5 Å². The van der Waals surface area contributed by atoms with Crippen LogP contribution in [0.3, 0.4) is 0 Å². The summed E-state index contributed by atoms with van der Waals surface area (Å²) in [4.78, 5) is 39.6. The molecule has 0 amide bonds. The molecule has 0 aliphatic carbocycles. The lowest BCUT2D eigenvalue weighted by Gasteiger charge is -2.18. The molecular weight excluding hydrogens is 397 g/mol. The minimum absolute atomic E-state index is 0.0528. The predicted octanol–water partition coefficient (Wildman–Crippen LogP) is 1.41. The van der Waals surface area contributed by atoms with Crippen LogP contribution in [-0.2, 0) is 25.4 Å². The number of nitrogen functional groups attached to an aromatic ring is 1. The van der Waals surface area contributed by atoms with Crippen molar-refractivity contribution in [2.75, 3.05) is 12.3 Å². The Labute approximate surface area is 171 Å². The van der Waals surface area contributed by atoms with Gasteiger partial charge in [-0.1, -0.05) is 25.1 Å². The van der Waals surface area contributed by atoms with Gasteiger partial charge in [0, 0.05) is 18.7 Å². The first-order valence-electron chi connectivity index (χ1n) is 9.38. The van der Waals surface area contributed by atoms with E-state index in [1.165, 1.54) is 6.20 Å². The molecule has 1 saturated heterocycles. The number of rotatable bonds is 6. The summed E-state index contributed by atoms with van der Waals surface area (Å²) in [6.45, 7) is 2.55. The van der Waals surface area contributed by atoms with Gasteiger partial charge in [0.2, 0.25) is 0 Å². The Bertz CT molecular complexity index is 980. The fourth-order valence-electron chi connectivity index (χ4n) is 3.18. The van der Waals surface area contributed by atoms with Gasteiger partial charge in [0.25, 0.3) is 0 Å². The highest BCUT2D eigenvalue weighted by atomic mass is 19.1. The van der Waals surface area contributed by atoms with Crippen LogP contribution in [0.1, 0.15) is 36.0 Å². The molecule has 0 saturated carbocycles. The number of esters is 2. The number of alkyl halides is 1. The smallest absolute Gasteiger partial charge is 0.351 e. The summed E-state index contributed by atoms with van der Waals surface area (Å²) in [5, 5.41) is 0. The molecule has 0 spiro atoms. The Balaban J connectivity index is 1.82. The van der Waals surface area contributed by atoms with Crippen molar-refractivity contribution in [2.45, 2.75) is 44.9 Å². The van der Waals surface area contributed by atoms with E-state index in [-0.39, 0.29) is 12.4 Å². The van der Waals surface area contributed by atoms with Crippen molar-refractivity contribution in [3.05, 3.63) is 58.1 Å². The third kappa shape index (κ3) is 4.48. The molecule has 1 aliphatic rings. The number of nitrogens with zero attached hydrogens (tertiary/aromatic N) is 2. The van der Waals surface area contributed by atoms with Gasteiger partial charge < -0.3 is 19.9 Å². The van der Waals surface area contributed by atoms with Gasteiger partial charge >= 0.3 is 17.6 Å². The SMILES string of the molecule is CCc1cn([C@@H]2O[C@H](COC(=O)c3ccccc3)[C@@H](OC(C)=O)[C@@H]2F)c(=O)nc1N. The Morgan fingerprint density at radius 1 is 1.30 bits per heavy atom. The Morgan fingerprint density at radius 2 is 2.00 bits per heavy atom. The third-order valence-corrected chi connectivity index (χ3v) is 4.67. The van der Waals surface area contributed by atoms with Crippen LogP contribution in [-0.4, -0.2) is 46.5 Å². The van der Waals surface area contributed by atoms with Crippen LogP contribution >= 0.6 is 0 Å². The summed E-state index contributed by atoms with van der Waals surface area (Å²) in [5.74, 6) is -1.32. The molecule has 160 valence electrons. The number of carbonyl (C=O) groups excluding carboxylic acids is 2. The molecule has 1 aromatic carbocycles.